The van der Waals surface area contributed by atoms with Gasteiger partial charge < -0.3 is 9.84 Å². The highest BCUT2D eigenvalue weighted by atomic mass is 16.5. The summed E-state index contributed by atoms with van der Waals surface area (Å²) in [4.78, 5) is 22.8. The number of carboxylic acid groups (broad SMARTS) is 1. The van der Waals surface area contributed by atoms with E-state index in [4.69, 9.17) is 9.84 Å². The maximum absolute atomic E-state index is 11.9. The van der Waals surface area contributed by atoms with Crippen molar-refractivity contribution in [2.24, 2.45) is 0 Å². The molecule has 1 rings (SSSR count). The Morgan fingerprint density at radius 3 is 2.82 bits per heavy atom. The van der Waals surface area contributed by atoms with Crippen LogP contribution < -0.4 is 5.32 Å². The van der Waals surface area contributed by atoms with Crippen molar-refractivity contribution in [2.75, 3.05) is 13.2 Å². The molecule has 0 spiro atoms. The lowest BCUT2D eigenvalue weighted by atomic mass is 9.91. The fourth-order valence-electron chi connectivity index (χ4n) is 1.73. The van der Waals surface area contributed by atoms with Crippen LogP contribution in [-0.4, -0.2) is 35.7 Å². The minimum absolute atomic E-state index is 0.283. The molecule has 2 N–H and O–H groups in total. The largest absolute Gasteiger partial charge is 0.481 e. The van der Waals surface area contributed by atoms with Gasteiger partial charge in [-0.2, -0.15) is 0 Å². The Kier molecular flexibility index (Phi) is 5.15. The molecule has 0 aromatic heterocycles. The van der Waals surface area contributed by atoms with E-state index in [1.807, 2.05) is 13.0 Å². The van der Waals surface area contributed by atoms with Gasteiger partial charge in [0.2, 0.25) is 0 Å². The SMILES string of the molecule is CCCCOC(=O)C1(CC(=O)O)C=CCCN1. The number of rotatable bonds is 6. The average Bonchev–Trinajstić information content (AvgIpc) is 2.29. The first-order valence-electron chi connectivity index (χ1n) is 5.92. The van der Waals surface area contributed by atoms with Gasteiger partial charge in [-0.1, -0.05) is 25.5 Å². The number of hydrogen-bond acceptors (Lipinski definition) is 4. The minimum Gasteiger partial charge on any atom is -0.481 e. The summed E-state index contributed by atoms with van der Waals surface area (Å²) in [6.07, 6.45) is 5.67. The molecule has 0 aliphatic carbocycles. The molecule has 96 valence electrons. The summed E-state index contributed by atoms with van der Waals surface area (Å²) in [6, 6.07) is 0. The molecule has 0 amide bonds. The molecule has 1 aliphatic heterocycles. The van der Waals surface area contributed by atoms with Crippen LogP contribution in [0.4, 0.5) is 0 Å². The van der Waals surface area contributed by atoms with E-state index in [0.717, 1.165) is 19.3 Å². The Hall–Kier alpha value is -1.36. The van der Waals surface area contributed by atoms with Crippen molar-refractivity contribution >= 4 is 11.9 Å². The first-order chi connectivity index (χ1) is 8.10. The van der Waals surface area contributed by atoms with Crippen molar-refractivity contribution in [3.05, 3.63) is 12.2 Å². The van der Waals surface area contributed by atoms with E-state index in [1.54, 1.807) is 6.08 Å². The molecular weight excluding hydrogens is 222 g/mol. The Bertz CT molecular complexity index is 314. The summed E-state index contributed by atoms with van der Waals surface area (Å²) in [5.74, 6) is -1.51. The summed E-state index contributed by atoms with van der Waals surface area (Å²) in [6.45, 7) is 2.93. The summed E-state index contributed by atoms with van der Waals surface area (Å²) >= 11 is 0. The molecule has 0 aromatic carbocycles. The van der Waals surface area contributed by atoms with E-state index < -0.39 is 17.5 Å². The van der Waals surface area contributed by atoms with Crippen LogP contribution in [-0.2, 0) is 14.3 Å². The highest BCUT2D eigenvalue weighted by Gasteiger charge is 2.40. The van der Waals surface area contributed by atoms with Gasteiger partial charge in [0, 0.05) is 0 Å². The Morgan fingerprint density at radius 1 is 1.53 bits per heavy atom. The van der Waals surface area contributed by atoms with Gasteiger partial charge in [-0.05, 0) is 19.4 Å². The van der Waals surface area contributed by atoms with Crippen LogP contribution in [0.2, 0.25) is 0 Å². The molecule has 1 aliphatic rings. The van der Waals surface area contributed by atoms with Gasteiger partial charge in [0.1, 0.15) is 5.54 Å². The number of carbonyl (C=O) groups excluding carboxylic acids is 1. The average molecular weight is 241 g/mol. The quantitative estimate of drug-likeness (QED) is 0.413. The predicted octanol–water partition coefficient (Wildman–Crippen LogP) is 1.09. The third kappa shape index (κ3) is 3.85. The number of hydrogen-bond donors (Lipinski definition) is 2. The van der Waals surface area contributed by atoms with Crippen molar-refractivity contribution in [3.8, 4) is 0 Å². The second-order valence-electron chi connectivity index (χ2n) is 4.15. The topological polar surface area (TPSA) is 75.6 Å². The summed E-state index contributed by atoms with van der Waals surface area (Å²) in [5, 5.41) is 11.8. The smallest absolute Gasteiger partial charge is 0.330 e. The number of unbranched alkanes of at least 4 members (excludes halogenated alkanes) is 1. The lowest BCUT2D eigenvalue weighted by Crippen LogP contribution is -2.54. The van der Waals surface area contributed by atoms with Crippen LogP contribution in [0.15, 0.2) is 12.2 Å². The minimum atomic E-state index is -1.18. The zero-order valence-corrected chi connectivity index (χ0v) is 10.1. The number of ether oxygens (including phenoxy) is 1. The number of carbonyl (C=O) groups is 2. The second kappa shape index (κ2) is 6.39. The third-order valence-electron chi connectivity index (χ3n) is 2.68. The van der Waals surface area contributed by atoms with Gasteiger partial charge in [0.25, 0.3) is 0 Å². The molecule has 0 aromatic rings. The van der Waals surface area contributed by atoms with Gasteiger partial charge in [0.15, 0.2) is 0 Å². The predicted molar refractivity (Wildman–Crippen MR) is 62.6 cm³/mol. The van der Waals surface area contributed by atoms with E-state index in [2.05, 4.69) is 5.32 Å². The van der Waals surface area contributed by atoms with Gasteiger partial charge >= 0.3 is 11.9 Å². The number of carboxylic acids is 1. The zero-order valence-electron chi connectivity index (χ0n) is 10.1. The summed E-state index contributed by atoms with van der Waals surface area (Å²) in [7, 11) is 0. The lowest BCUT2D eigenvalue weighted by molar-refractivity contribution is -0.154. The second-order valence-corrected chi connectivity index (χ2v) is 4.15. The molecule has 5 nitrogen and oxygen atoms in total. The molecule has 5 heteroatoms. The maximum atomic E-state index is 11.9. The molecule has 1 atom stereocenters. The van der Waals surface area contributed by atoms with Gasteiger partial charge in [0.05, 0.1) is 13.0 Å². The van der Waals surface area contributed by atoms with Crippen molar-refractivity contribution in [1.82, 2.24) is 5.32 Å². The molecule has 1 unspecified atom stereocenters. The van der Waals surface area contributed by atoms with Gasteiger partial charge in [-0.3, -0.25) is 10.1 Å². The molecule has 1 heterocycles. The van der Waals surface area contributed by atoms with Crippen LogP contribution in [0.3, 0.4) is 0 Å². The molecule has 0 saturated carbocycles. The normalized spacial score (nSPS) is 23.4. The van der Waals surface area contributed by atoms with E-state index in [0.29, 0.717) is 13.2 Å². The number of nitrogens with one attached hydrogen (secondary N) is 1. The number of esters is 1. The molecule has 0 radical (unpaired) electrons. The lowest BCUT2D eigenvalue weighted by Gasteiger charge is -2.30. The van der Waals surface area contributed by atoms with E-state index in [9.17, 15) is 9.59 Å². The van der Waals surface area contributed by atoms with Crippen molar-refractivity contribution in [3.63, 3.8) is 0 Å². The van der Waals surface area contributed by atoms with Crippen molar-refractivity contribution in [2.45, 2.75) is 38.1 Å². The van der Waals surface area contributed by atoms with Crippen LogP contribution >= 0.6 is 0 Å². The van der Waals surface area contributed by atoms with Gasteiger partial charge in [-0.25, -0.2) is 4.79 Å². The summed E-state index contributed by atoms with van der Waals surface area (Å²) < 4.78 is 5.11. The molecule has 17 heavy (non-hydrogen) atoms. The Labute approximate surface area is 101 Å². The molecule has 0 saturated heterocycles. The van der Waals surface area contributed by atoms with Crippen LogP contribution in [0.1, 0.15) is 32.6 Å². The van der Waals surface area contributed by atoms with Crippen LogP contribution in [0, 0.1) is 0 Å². The Balaban J connectivity index is 2.68. The van der Waals surface area contributed by atoms with E-state index in [1.165, 1.54) is 0 Å². The van der Waals surface area contributed by atoms with Crippen molar-refractivity contribution < 1.29 is 19.4 Å². The fourth-order valence-corrected chi connectivity index (χ4v) is 1.73. The van der Waals surface area contributed by atoms with Crippen LogP contribution in [0.25, 0.3) is 0 Å². The van der Waals surface area contributed by atoms with E-state index in [-0.39, 0.29) is 6.42 Å². The fraction of sp³-hybridized carbons (Fsp3) is 0.667. The molecule has 0 fully saturated rings. The highest BCUT2D eigenvalue weighted by Crippen LogP contribution is 2.19. The standard InChI is InChI=1S/C12H19NO4/c1-2-3-8-17-11(16)12(9-10(14)15)6-4-5-7-13-12/h4,6,13H,2-3,5,7-9H2,1H3,(H,14,15). The highest BCUT2D eigenvalue weighted by molar-refractivity contribution is 5.89. The third-order valence-corrected chi connectivity index (χ3v) is 2.68. The van der Waals surface area contributed by atoms with E-state index >= 15 is 0 Å². The Morgan fingerprint density at radius 2 is 2.29 bits per heavy atom. The molecule has 0 bridgehead atoms. The first-order valence-corrected chi connectivity index (χ1v) is 5.92. The number of aliphatic carboxylic acids is 1. The summed E-state index contributed by atoms with van der Waals surface area (Å²) in [5.41, 5.74) is -1.18. The van der Waals surface area contributed by atoms with Crippen molar-refractivity contribution in [1.29, 1.82) is 0 Å². The van der Waals surface area contributed by atoms with Crippen LogP contribution in [0.5, 0.6) is 0 Å². The van der Waals surface area contributed by atoms with Gasteiger partial charge in [-0.15, -0.1) is 0 Å². The zero-order chi connectivity index (χ0) is 12.7. The first kappa shape index (κ1) is 13.7. The maximum Gasteiger partial charge on any atom is 0.330 e. The molecular formula is C12H19NO4. The monoisotopic (exact) mass is 241 g/mol.